The zero-order valence-corrected chi connectivity index (χ0v) is 89.0. The first-order chi connectivity index (χ1) is 64.3. The molecule has 139 heavy (non-hydrogen) atoms. The van der Waals surface area contributed by atoms with Crippen molar-refractivity contribution >= 4 is 59.7 Å². The van der Waals surface area contributed by atoms with Gasteiger partial charge in [0, 0.05) is 58.8 Å². The minimum absolute atomic E-state index is 0. The number of carbonyl (C=O) groups excluding carboxylic acids is 10. The smallest absolute Gasteiger partial charge is 0.333 e. The van der Waals surface area contributed by atoms with E-state index in [0.717, 1.165) is 152 Å². The maximum atomic E-state index is 12.8. The summed E-state index contributed by atoms with van der Waals surface area (Å²) in [6, 6.07) is 0. The van der Waals surface area contributed by atoms with Crippen LogP contribution in [-0.4, -0.2) is 140 Å². The number of hydrogen-bond donors (Lipinski definition) is 2. The Labute approximate surface area is 835 Å². The van der Waals surface area contributed by atoms with Crippen molar-refractivity contribution < 1.29 is 106 Å². The molecular weight excluding hydrogens is 1760 g/mol. The fourth-order valence-corrected chi connectivity index (χ4v) is 31.0. The summed E-state index contributed by atoms with van der Waals surface area (Å²) in [6.45, 7) is 59.3. The maximum Gasteiger partial charge on any atom is 0.333 e. The molecular formula is C117H184O22. The van der Waals surface area contributed by atoms with Crippen molar-refractivity contribution in [3.05, 3.63) is 48.6 Å². The van der Waals surface area contributed by atoms with Gasteiger partial charge in [0.2, 0.25) is 0 Å². The average Bonchev–Trinajstić information content (AvgIpc) is 1.72. The molecule has 0 radical (unpaired) electrons. The number of aliphatic hydroxyl groups is 2. The molecule has 22 heteroatoms. The van der Waals surface area contributed by atoms with Crippen LogP contribution in [0.5, 0.6) is 0 Å². The average molecular weight is 1940 g/mol. The van der Waals surface area contributed by atoms with E-state index in [9.17, 15) is 58.2 Å². The maximum absolute atomic E-state index is 12.8. The summed E-state index contributed by atoms with van der Waals surface area (Å²) in [6.07, 6.45) is 39.9. The Morgan fingerprint density at radius 3 is 0.978 bits per heavy atom. The summed E-state index contributed by atoms with van der Waals surface area (Å²) in [4.78, 5) is 119. The minimum Gasteiger partial charge on any atom is -0.465 e. The summed E-state index contributed by atoms with van der Waals surface area (Å²) in [5.74, 6) is 9.69. The summed E-state index contributed by atoms with van der Waals surface area (Å²) in [5, 5.41) is 21.2. The fraction of sp³-hybridized carbons (Fsp3) is 0.846. The molecule has 784 valence electrons. The summed E-state index contributed by atoms with van der Waals surface area (Å²) in [7, 11) is 0. The van der Waals surface area contributed by atoms with Crippen molar-refractivity contribution in [3.8, 4) is 0 Å². The molecule has 22 aliphatic carbocycles. The van der Waals surface area contributed by atoms with Gasteiger partial charge in [-0.25, -0.2) is 19.2 Å². The molecule has 2 heterocycles. The molecule has 2 saturated heterocycles. The largest absolute Gasteiger partial charge is 0.465 e. The molecule has 0 aromatic rings. The molecule has 0 spiro atoms. The highest BCUT2D eigenvalue weighted by Gasteiger charge is 2.67. The summed E-state index contributed by atoms with van der Waals surface area (Å²) in [5.41, 5.74) is -2.27. The zero-order valence-electron chi connectivity index (χ0n) is 89.0. The Hall–Kier alpha value is -6.42. The predicted molar refractivity (Wildman–Crippen MR) is 535 cm³/mol. The number of carbonyl (C=O) groups is 10. The Morgan fingerprint density at radius 2 is 0.647 bits per heavy atom. The van der Waals surface area contributed by atoms with Gasteiger partial charge < -0.3 is 57.6 Å². The highest BCUT2D eigenvalue weighted by atomic mass is 16.6. The van der Waals surface area contributed by atoms with Crippen molar-refractivity contribution in [2.45, 2.75) is 461 Å². The van der Waals surface area contributed by atoms with Gasteiger partial charge in [-0.1, -0.05) is 89.1 Å². The van der Waals surface area contributed by atoms with Crippen LogP contribution >= 0.6 is 0 Å². The highest BCUT2D eigenvalue weighted by Crippen LogP contribution is 2.67. The van der Waals surface area contributed by atoms with Crippen molar-refractivity contribution in [1.82, 2.24) is 0 Å². The van der Waals surface area contributed by atoms with E-state index in [0.29, 0.717) is 131 Å². The van der Waals surface area contributed by atoms with E-state index in [2.05, 4.69) is 67.9 Å². The zero-order chi connectivity index (χ0) is 101. The van der Waals surface area contributed by atoms with Crippen LogP contribution in [0.25, 0.3) is 0 Å². The number of ether oxygens (including phenoxy) is 10. The number of cyclic esters (lactones) is 2. The molecule has 20 bridgehead atoms. The predicted octanol–water partition coefficient (Wildman–Crippen LogP) is 23.9. The summed E-state index contributed by atoms with van der Waals surface area (Å²) >= 11 is 0. The molecule has 24 fully saturated rings. The van der Waals surface area contributed by atoms with Crippen LogP contribution < -0.4 is 0 Å². The molecule has 2 N–H and O–H groups in total. The van der Waals surface area contributed by atoms with Crippen LogP contribution in [0.1, 0.15) is 404 Å². The minimum atomic E-state index is -0.570. The van der Waals surface area contributed by atoms with E-state index in [4.69, 9.17) is 47.4 Å². The van der Waals surface area contributed by atoms with Crippen molar-refractivity contribution in [3.63, 3.8) is 0 Å². The molecule has 24 aliphatic rings. The van der Waals surface area contributed by atoms with Crippen molar-refractivity contribution in [1.29, 1.82) is 0 Å². The number of rotatable bonds is 22. The standard InChI is InChI=1S/C19H32O2.C17H26O2.C16H26O3.C15H22O4.C14H20O3.C13H16O4.C12H22O2.C10H16O2.CH4/c1-6-18(4,5)17(20)21-19(12(2)3)15-8-13-7-14(10-15)11-16(19)9-13;1-10(2)16(18)19-17(11(3)4)14-6-12-5-13(8-14)9-15(17)7-12;1-4-14(2,3)13(17)19-16-8-11-5-12(9-16)7-15(18,6-11)10-16;1-4-15(2,3)14(17)19-11-6-8-5-9(11)12-10(8)7-18-13(12)16;1-9(2)12(15)17-14-6-10-3-11(7-14)5-13(16,4-10)8-14;1-6(2)12(14)17-10-4-7-3-8(10)11-9(7)5-16-13(11)15;1-5-11(2,3)10(13)14-12(4)8-6-7-9-12;1-8(2)9(11)12-10(3)6-4-5-7-10;/h12-16H,6-11H2,1-5H3;11-15H,1,5-9H2,2-4H3;11-12,18H,4-10H2,1-3H3;8-12H,4-7H2,1-3H3;10-11,16H,1,3-8H2,2H3;7-11H,1,3-5H2,2H3;5-9H2,1-4H3;1,4-7H2,2-3H3;1H4. The highest BCUT2D eigenvalue weighted by molar-refractivity contribution is 5.89. The normalized spacial score (nSPS) is 38.6. The lowest BCUT2D eigenvalue weighted by atomic mass is 9.47. The third-order valence-corrected chi connectivity index (χ3v) is 39.0. The second-order valence-corrected chi connectivity index (χ2v) is 52.4. The van der Waals surface area contributed by atoms with E-state index in [1.807, 2.05) is 83.1 Å². The molecule has 2 aliphatic heterocycles. The van der Waals surface area contributed by atoms with Gasteiger partial charge in [0.1, 0.15) is 45.8 Å². The molecule has 0 aromatic carbocycles. The third kappa shape index (κ3) is 24.0. The van der Waals surface area contributed by atoms with E-state index < -0.39 is 27.6 Å². The molecule has 22 nitrogen and oxygen atoms in total. The third-order valence-electron chi connectivity index (χ3n) is 39.0. The number of esters is 10. The quantitative estimate of drug-likeness (QED) is 0.0578. The van der Waals surface area contributed by atoms with Crippen molar-refractivity contribution in [2.75, 3.05) is 13.2 Å². The van der Waals surface area contributed by atoms with Crippen LogP contribution in [0.15, 0.2) is 48.6 Å². The van der Waals surface area contributed by atoms with Crippen LogP contribution in [-0.2, 0) is 95.3 Å². The molecule has 0 aromatic heterocycles. The van der Waals surface area contributed by atoms with Crippen molar-refractivity contribution in [2.24, 2.45) is 152 Å². The van der Waals surface area contributed by atoms with Crippen LogP contribution in [0, 0.1) is 152 Å². The van der Waals surface area contributed by atoms with Gasteiger partial charge in [-0.15, -0.1) is 0 Å². The van der Waals surface area contributed by atoms with Crippen LogP contribution in [0.4, 0.5) is 0 Å². The Balaban J connectivity index is 0.000000143. The molecule has 0 amide bonds. The van der Waals surface area contributed by atoms with Gasteiger partial charge in [0.25, 0.3) is 0 Å². The van der Waals surface area contributed by atoms with Gasteiger partial charge >= 0.3 is 59.7 Å². The van der Waals surface area contributed by atoms with Gasteiger partial charge in [-0.05, 0) is 423 Å². The van der Waals surface area contributed by atoms with E-state index in [1.165, 1.54) is 103 Å². The Morgan fingerprint density at radius 1 is 0.360 bits per heavy atom. The number of hydrogen-bond acceptors (Lipinski definition) is 22. The van der Waals surface area contributed by atoms with Crippen LogP contribution in [0.3, 0.4) is 0 Å². The lowest BCUT2D eigenvalue weighted by Gasteiger charge is -2.62. The Kier molecular flexibility index (Phi) is 34.1. The molecule has 24 rings (SSSR count). The first kappa shape index (κ1) is 111. The van der Waals surface area contributed by atoms with E-state index >= 15 is 0 Å². The lowest BCUT2D eigenvalue weighted by Crippen LogP contribution is -2.63. The Bertz CT molecular complexity index is 4410. The lowest BCUT2D eigenvalue weighted by molar-refractivity contribution is -0.231. The molecule has 22 saturated carbocycles. The monoisotopic (exact) mass is 1940 g/mol. The van der Waals surface area contributed by atoms with E-state index in [1.54, 1.807) is 27.7 Å². The molecule has 14 unspecified atom stereocenters. The van der Waals surface area contributed by atoms with Gasteiger partial charge in [0.05, 0.1) is 57.9 Å². The fourth-order valence-electron chi connectivity index (χ4n) is 31.0. The first-order valence-electron chi connectivity index (χ1n) is 54.5. The van der Waals surface area contributed by atoms with Gasteiger partial charge in [-0.2, -0.15) is 0 Å². The van der Waals surface area contributed by atoms with E-state index in [-0.39, 0.29) is 142 Å². The summed E-state index contributed by atoms with van der Waals surface area (Å²) < 4.78 is 56.5. The number of fused-ring (bicyclic) bond motifs is 10. The molecule has 14 atom stereocenters. The van der Waals surface area contributed by atoms with Gasteiger partial charge in [0.15, 0.2) is 0 Å². The topological polar surface area (TPSA) is 303 Å². The second-order valence-electron chi connectivity index (χ2n) is 52.4. The SMILES string of the molecule is C.C=C(C)C(=O)OC1(C(C)C)C2CC3CC(C2)CC1C3.C=C(C)C(=O)OC1(C)CCCC1.C=C(C)C(=O)OC12CC3CC(CC(O)(C3)C1)C2.C=C(C)C(=O)OC1CC2CC1C1C(=O)OCC21.CCC(C)(C)C(=O)OC1(C(C)C)C2CC3CC(C2)CC1C3.CCC(C)(C)C(=O)OC1(C)CCCC1.CCC(C)(C)C(=O)OC12CC3CC(CC(O)(C3)C1)C2.CCC(C)(C)C(=O)OC1CC2CC1C1C(=O)OCC21. The second kappa shape index (κ2) is 42.6. The van der Waals surface area contributed by atoms with Gasteiger partial charge in [-0.3, -0.25) is 28.8 Å². The van der Waals surface area contributed by atoms with Crippen LogP contribution in [0.2, 0.25) is 0 Å². The first-order valence-corrected chi connectivity index (χ1v) is 54.5.